The summed E-state index contributed by atoms with van der Waals surface area (Å²) < 4.78 is 6.95. The van der Waals surface area contributed by atoms with Gasteiger partial charge in [0.1, 0.15) is 17.2 Å². The molecule has 3 aromatic carbocycles. The summed E-state index contributed by atoms with van der Waals surface area (Å²) in [7, 11) is 0. The summed E-state index contributed by atoms with van der Waals surface area (Å²) in [5, 5.41) is 21.6. The Morgan fingerprint density at radius 1 is 0.533 bits per heavy atom. The van der Waals surface area contributed by atoms with Crippen molar-refractivity contribution in [2.75, 3.05) is 5.73 Å². The first-order valence-electron chi connectivity index (χ1n) is 23.8. The average molecular weight is 808 g/mol. The summed E-state index contributed by atoms with van der Waals surface area (Å²) in [5.41, 5.74) is 13.7. The second kappa shape index (κ2) is 11.2. The minimum Gasteiger partial charge on any atom is -0.505 e. The number of phenols is 1. The smallest absolute Gasteiger partial charge is 0.335 e. The van der Waals surface area contributed by atoms with Crippen molar-refractivity contribution >= 4 is 11.7 Å². The van der Waals surface area contributed by atoms with Crippen LogP contribution < -0.4 is 10.5 Å². The zero-order valence-corrected chi connectivity index (χ0v) is 37.4. The van der Waals surface area contributed by atoms with E-state index in [1.165, 1.54) is 107 Å². The van der Waals surface area contributed by atoms with Gasteiger partial charge in [-0.1, -0.05) is 65.8 Å². The van der Waals surface area contributed by atoms with E-state index < -0.39 is 5.97 Å². The quantitative estimate of drug-likeness (QED) is 0.163. The Balaban J connectivity index is 0.901. The number of carbonyl (C=O) groups is 1. The molecular weight excluding hydrogens is 739 g/mol. The molecule has 0 saturated heterocycles. The fourth-order valence-corrected chi connectivity index (χ4v) is 22.0. The minimum atomic E-state index is -0.835. The Kier molecular flexibility index (Phi) is 7.12. The van der Waals surface area contributed by atoms with E-state index in [0.29, 0.717) is 49.7 Å². The molecule has 0 heterocycles. The maximum absolute atomic E-state index is 11.9. The van der Waals surface area contributed by atoms with E-state index in [1.54, 1.807) is 0 Å². The van der Waals surface area contributed by atoms with Gasteiger partial charge in [0, 0.05) is 11.0 Å². The summed E-state index contributed by atoms with van der Waals surface area (Å²) in [4.78, 5) is 11.9. The van der Waals surface area contributed by atoms with Crippen LogP contribution in [0.3, 0.4) is 0 Å². The second-order valence-electron chi connectivity index (χ2n) is 26.8. The third-order valence-electron chi connectivity index (χ3n) is 20.1. The molecule has 15 rings (SSSR count). The molecule has 12 fully saturated rings. The van der Waals surface area contributed by atoms with Crippen molar-refractivity contribution in [2.24, 2.45) is 49.2 Å². The lowest BCUT2D eigenvalue weighted by Crippen LogP contribution is -2.71. The standard InChI is InChI=1S/C55H69NO4/c1-45-17-35-18-46(2,20-45)24-51(19-35,23-45)42-41(16-15-40(56)43(42)57)60-39-13-11-38(12-14-39)53-27-49(5)22-50(6,28-53)32-55(31-49,34-53)54-29-47(3)21-48(4,30-54)26-52(25-47,33-54)37-9-7-36(8-10-37)44(58)59/h7-16,35,57H,17-34,56H2,1-6H3,(H,58,59). The van der Waals surface area contributed by atoms with Crippen LogP contribution >= 0.6 is 0 Å². The van der Waals surface area contributed by atoms with Crippen molar-refractivity contribution in [1.82, 2.24) is 0 Å². The number of aromatic hydroxyl groups is 1. The predicted molar refractivity (Wildman–Crippen MR) is 238 cm³/mol. The van der Waals surface area contributed by atoms with Crippen LogP contribution in [0.15, 0.2) is 60.7 Å². The number of ether oxygens (including phenoxy) is 1. The molecule has 12 aliphatic carbocycles. The molecule has 0 aliphatic heterocycles. The zero-order chi connectivity index (χ0) is 41.8. The number of rotatable bonds is 7. The van der Waals surface area contributed by atoms with Crippen LogP contribution in [0.1, 0.15) is 184 Å². The third kappa shape index (κ3) is 5.19. The monoisotopic (exact) mass is 808 g/mol. The fourth-order valence-electron chi connectivity index (χ4n) is 22.0. The summed E-state index contributed by atoms with van der Waals surface area (Å²) >= 11 is 0. The molecule has 60 heavy (non-hydrogen) atoms. The van der Waals surface area contributed by atoms with Crippen molar-refractivity contribution in [3.8, 4) is 17.2 Å². The average Bonchev–Trinajstić information content (AvgIpc) is 3.09. The van der Waals surface area contributed by atoms with E-state index in [9.17, 15) is 15.0 Å². The zero-order valence-electron chi connectivity index (χ0n) is 37.4. The summed E-state index contributed by atoms with van der Waals surface area (Å²) in [6.45, 7) is 15.6. The van der Waals surface area contributed by atoms with E-state index in [1.807, 2.05) is 24.3 Å². The maximum atomic E-state index is 11.9. The lowest BCUT2D eigenvalue weighted by atomic mass is 9.24. The van der Waals surface area contributed by atoms with Crippen LogP contribution in [-0.4, -0.2) is 16.2 Å². The largest absolute Gasteiger partial charge is 0.505 e. The van der Waals surface area contributed by atoms with Gasteiger partial charge in [0.15, 0.2) is 0 Å². The highest BCUT2D eigenvalue weighted by Crippen LogP contribution is 2.85. The molecule has 0 spiro atoms. The molecule has 0 radical (unpaired) electrons. The van der Waals surface area contributed by atoms with Crippen LogP contribution in [0.5, 0.6) is 17.2 Å². The molecule has 4 N–H and O–H groups in total. The Bertz CT molecular complexity index is 2300. The number of nitrogen functional groups attached to an aromatic ring is 1. The number of anilines is 1. The number of aromatic carboxylic acids is 1. The number of phenolic OH excluding ortho intramolecular Hbond substituents is 1. The minimum absolute atomic E-state index is 0.105. The number of benzene rings is 3. The van der Waals surface area contributed by atoms with E-state index in [4.69, 9.17) is 10.5 Å². The van der Waals surface area contributed by atoms with Crippen LogP contribution in [0.2, 0.25) is 0 Å². The van der Waals surface area contributed by atoms with E-state index in [0.717, 1.165) is 36.3 Å². The van der Waals surface area contributed by atoms with Gasteiger partial charge in [-0.2, -0.15) is 0 Å². The van der Waals surface area contributed by atoms with Crippen LogP contribution in [0.4, 0.5) is 5.69 Å². The van der Waals surface area contributed by atoms with Crippen molar-refractivity contribution in [2.45, 2.75) is 173 Å². The number of hydrogen-bond acceptors (Lipinski definition) is 4. The van der Waals surface area contributed by atoms with E-state index in [2.05, 4.69) is 77.9 Å². The van der Waals surface area contributed by atoms with Gasteiger partial charge < -0.3 is 20.7 Å². The maximum Gasteiger partial charge on any atom is 0.335 e. The molecule has 6 unspecified atom stereocenters. The molecule has 318 valence electrons. The predicted octanol–water partition coefficient (Wildman–Crippen LogP) is 13.6. The topological polar surface area (TPSA) is 92.8 Å². The lowest BCUT2D eigenvalue weighted by Gasteiger charge is -2.80. The molecule has 5 nitrogen and oxygen atoms in total. The highest BCUT2D eigenvalue weighted by molar-refractivity contribution is 5.87. The molecule has 0 aromatic heterocycles. The van der Waals surface area contributed by atoms with Gasteiger partial charge in [-0.15, -0.1) is 0 Å². The molecule has 12 aliphatic rings. The van der Waals surface area contributed by atoms with Crippen LogP contribution in [0.25, 0.3) is 0 Å². The highest BCUT2D eigenvalue weighted by atomic mass is 16.5. The van der Waals surface area contributed by atoms with Crippen LogP contribution in [0, 0.1) is 49.2 Å². The number of carboxylic acids is 1. The van der Waals surface area contributed by atoms with Gasteiger partial charge in [0.05, 0.1) is 11.3 Å². The van der Waals surface area contributed by atoms with Gasteiger partial charge >= 0.3 is 5.97 Å². The van der Waals surface area contributed by atoms with E-state index in [-0.39, 0.29) is 32.8 Å². The number of hydrogen-bond donors (Lipinski definition) is 3. The molecular formula is C55H69NO4. The van der Waals surface area contributed by atoms with Gasteiger partial charge in [-0.05, 0) is 223 Å². The number of carboxylic acid groups (broad SMARTS) is 1. The Labute approximate surface area is 358 Å². The van der Waals surface area contributed by atoms with Gasteiger partial charge in [-0.25, -0.2) is 4.79 Å². The fraction of sp³-hybridized carbons (Fsp3) is 0.655. The van der Waals surface area contributed by atoms with E-state index >= 15 is 0 Å². The molecule has 12 bridgehead atoms. The Morgan fingerprint density at radius 2 is 0.967 bits per heavy atom. The van der Waals surface area contributed by atoms with Crippen molar-refractivity contribution in [3.63, 3.8) is 0 Å². The lowest BCUT2D eigenvalue weighted by molar-refractivity contribution is -0.275. The number of nitrogens with two attached hydrogens (primary N) is 1. The van der Waals surface area contributed by atoms with Gasteiger partial charge in [-0.3, -0.25) is 0 Å². The molecule has 3 aromatic rings. The van der Waals surface area contributed by atoms with Crippen molar-refractivity contribution in [1.29, 1.82) is 0 Å². The first-order valence-corrected chi connectivity index (χ1v) is 23.8. The molecule has 5 heteroatoms. The first kappa shape index (κ1) is 38.2. The Hall–Kier alpha value is -3.47. The summed E-state index contributed by atoms with van der Waals surface area (Å²) in [6, 6.07) is 21.4. The SMILES string of the molecule is CC12CC3CC(C)(C1)CC(c1c(Oc4ccc(C56CC7(C)CC(C)(C5)CC(C58CC9(C)CC(C)(CC(c%10ccc(C(=O)O)cc%10)(C9)C5)C8)(C7)C6)cc4)ccc(N)c1O)(C3)C2. The highest BCUT2D eigenvalue weighted by Gasteiger charge is 2.76. The van der Waals surface area contributed by atoms with Gasteiger partial charge in [0.25, 0.3) is 0 Å². The molecule has 0 amide bonds. The summed E-state index contributed by atoms with van der Waals surface area (Å²) in [5.74, 6) is 1.73. The summed E-state index contributed by atoms with van der Waals surface area (Å²) in [6.07, 6.45) is 22.8. The molecule has 12 saturated carbocycles. The van der Waals surface area contributed by atoms with Crippen molar-refractivity contribution < 1.29 is 19.7 Å². The normalized spacial score (nSPS) is 48.8. The van der Waals surface area contributed by atoms with Crippen LogP contribution in [-0.2, 0) is 16.2 Å². The second-order valence-corrected chi connectivity index (χ2v) is 26.8. The third-order valence-corrected chi connectivity index (χ3v) is 20.1. The van der Waals surface area contributed by atoms with Gasteiger partial charge in [0.2, 0.25) is 0 Å². The van der Waals surface area contributed by atoms with Crippen molar-refractivity contribution in [3.05, 3.63) is 82.9 Å². The Morgan fingerprint density at radius 3 is 1.42 bits per heavy atom. The first-order chi connectivity index (χ1) is 28.0. The molecule has 6 atom stereocenters.